The normalized spacial score (nSPS) is 10.1. The highest BCUT2D eigenvalue weighted by Gasteiger charge is 2.14. The molecule has 0 amide bonds. The highest BCUT2D eigenvalue weighted by molar-refractivity contribution is 5.70. The summed E-state index contributed by atoms with van der Waals surface area (Å²) in [6, 6.07) is 8.02. The molecule has 0 aliphatic rings. The van der Waals surface area contributed by atoms with Crippen LogP contribution in [0, 0.1) is 13.8 Å². The molecule has 3 rings (SSSR count). The van der Waals surface area contributed by atoms with Gasteiger partial charge in [-0.1, -0.05) is 13.8 Å². The highest BCUT2D eigenvalue weighted by Crippen LogP contribution is 2.30. The van der Waals surface area contributed by atoms with Crippen LogP contribution in [-0.2, 0) is 0 Å². The van der Waals surface area contributed by atoms with E-state index in [1.807, 2.05) is 32.2 Å². The smallest absolute Gasteiger partial charge is 0.222 e. The third-order valence-corrected chi connectivity index (χ3v) is 3.24. The van der Waals surface area contributed by atoms with Crippen LogP contribution in [0.3, 0.4) is 0 Å². The maximum absolute atomic E-state index is 5.31. The number of aromatic nitrogens is 3. The molecule has 0 atom stereocenters. The van der Waals surface area contributed by atoms with Crippen LogP contribution in [0.25, 0.3) is 16.9 Å². The summed E-state index contributed by atoms with van der Waals surface area (Å²) in [5.74, 6) is 0.603. The van der Waals surface area contributed by atoms with E-state index in [1.165, 1.54) is 5.56 Å². The molecular formula is C17H21N3O. The molecule has 3 heterocycles. The van der Waals surface area contributed by atoms with Crippen molar-refractivity contribution in [2.45, 2.75) is 27.7 Å². The predicted octanol–water partition coefficient (Wildman–Crippen LogP) is 4.05. The first-order valence-electron chi connectivity index (χ1n) is 7.15. The van der Waals surface area contributed by atoms with Crippen molar-refractivity contribution >= 4 is 5.65 Å². The summed E-state index contributed by atoms with van der Waals surface area (Å²) in [4.78, 5) is 8.93. The molecule has 0 aliphatic carbocycles. The van der Waals surface area contributed by atoms with Crippen LogP contribution >= 0.6 is 0 Å². The monoisotopic (exact) mass is 283 g/mol. The maximum Gasteiger partial charge on any atom is 0.222 e. The van der Waals surface area contributed by atoms with E-state index in [0.717, 1.165) is 22.6 Å². The number of rotatable bonds is 2. The Kier molecular flexibility index (Phi) is 4.58. The quantitative estimate of drug-likeness (QED) is 0.712. The first kappa shape index (κ1) is 15.0. The summed E-state index contributed by atoms with van der Waals surface area (Å²) < 4.78 is 7.39. The minimum Gasteiger partial charge on any atom is -0.481 e. The molecule has 0 radical (unpaired) electrons. The fourth-order valence-corrected chi connectivity index (χ4v) is 2.26. The molecule has 0 saturated carbocycles. The highest BCUT2D eigenvalue weighted by atomic mass is 16.5. The first-order chi connectivity index (χ1) is 10.2. The van der Waals surface area contributed by atoms with Crippen LogP contribution in [0.15, 0.2) is 36.7 Å². The molecule has 0 N–H and O–H groups in total. The molecule has 4 nitrogen and oxygen atoms in total. The zero-order valence-corrected chi connectivity index (χ0v) is 13.2. The fraction of sp³-hybridized carbons (Fsp3) is 0.294. The largest absolute Gasteiger partial charge is 0.481 e. The van der Waals surface area contributed by atoms with E-state index in [-0.39, 0.29) is 0 Å². The summed E-state index contributed by atoms with van der Waals surface area (Å²) in [7, 11) is 1.63. The van der Waals surface area contributed by atoms with E-state index in [9.17, 15) is 0 Å². The fourth-order valence-electron chi connectivity index (χ4n) is 2.26. The average molecular weight is 283 g/mol. The van der Waals surface area contributed by atoms with Crippen LogP contribution in [0.4, 0.5) is 0 Å². The Morgan fingerprint density at radius 2 is 1.90 bits per heavy atom. The van der Waals surface area contributed by atoms with E-state index < -0.39 is 0 Å². The topological polar surface area (TPSA) is 39.4 Å². The molecule has 0 bridgehead atoms. The average Bonchev–Trinajstić information content (AvgIpc) is 2.85. The standard InChI is InChI=1S/C15H15N3O.C2H6/c1-10-6-8-18-11(2)14(17-13(18)9-10)12-5-4-7-16-15(12)19-3;1-2/h4-9H,1-3H3;1-2H3. The van der Waals surface area contributed by atoms with Crippen molar-refractivity contribution < 1.29 is 4.74 Å². The SMILES string of the molecule is CC.COc1ncccc1-c1nc2cc(C)ccn2c1C. The molecule has 0 fully saturated rings. The third-order valence-electron chi connectivity index (χ3n) is 3.24. The van der Waals surface area contributed by atoms with Crippen molar-refractivity contribution in [3.05, 3.63) is 47.9 Å². The summed E-state index contributed by atoms with van der Waals surface area (Å²) in [5, 5.41) is 0. The second-order valence-corrected chi connectivity index (χ2v) is 4.54. The minimum atomic E-state index is 0.603. The van der Waals surface area contributed by atoms with Gasteiger partial charge in [-0.3, -0.25) is 0 Å². The number of fused-ring (bicyclic) bond motifs is 1. The van der Waals surface area contributed by atoms with Crippen molar-refractivity contribution in [2.24, 2.45) is 0 Å². The summed E-state index contributed by atoms with van der Waals surface area (Å²) in [6.45, 7) is 8.12. The van der Waals surface area contributed by atoms with Gasteiger partial charge in [-0.05, 0) is 43.7 Å². The lowest BCUT2D eigenvalue weighted by Crippen LogP contribution is -1.92. The second-order valence-electron chi connectivity index (χ2n) is 4.54. The van der Waals surface area contributed by atoms with Crippen molar-refractivity contribution in [3.63, 3.8) is 0 Å². The van der Waals surface area contributed by atoms with Gasteiger partial charge in [0.25, 0.3) is 0 Å². The Morgan fingerprint density at radius 1 is 1.14 bits per heavy atom. The van der Waals surface area contributed by atoms with E-state index in [1.54, 1.807) is 13.3 Å². The van der Waals surface area contributed by atoms with Gasteiger partial charge in [0.05, 0.1) is 18.4 Å². The van der Waals surface area contributed by atoms with Gasteiger partial charge in [0.2, 0.25) is 5.88 Å². The lowest BCUT2D eigenvalue weighted by atomic mass is 10.1. The van der Waals surface area contributed by atoms with Crippen molar-refractivity contribution in [1.29, 1.82) is 0 Å². The van der Waals surface area contributed by atoms with Crippen molar-refractivity contribution in [2.75, 3.05) is 7.11 Å². The zero-order chi connectivity index (χ0) is 15.4. The van der Waals surface area contributed by atoms with Crippen molar-refractivity contribution in [1.82, 2.24) is 14.4 Å². The number of aryl methyl sites for hydroxylation is 2. The summed E-state index contributed by atoms with van der Waals surface area (Å²) >= 11 is 0. The van der Waals surface area contributed by atoms with E-state index in [0.29, 0.717) is 5.88 Å². The number of imidazole rings is 1. The van der Waals surface area contributed by atoms with Crippen LogP contribution in [0.5, 0.6) is 5.88 Å². The number of pyridine rings is 2. The van der Waals surface area contributed by atoms with Gasteiger partial charge in [0.1, 0.15) is 5.65 Å². The van der Waals surface area contributed by atoms with Crippen LogP contribution in [-0.4, -0.2) is 21.5 Å². The molecule has 0 unspecified atom stereocenters. The van der Waals surface area contributed by atoms with Gasteiger partial charge in [0, 0.05) is 18.1 Å². The van der Waals surface area contributed by atoms with Crippen molar-refractivity contribution in [3.8, 4) is 17.1 Å². The molecule has 0 saturated heterocycles. The molecule has 0 spiro atoms. The van der Waals surface area contributed by atoms with Gasteiger partial charge in [-0.25, -0.2) is 9.97 Å². The maximum atomic E-state index is 5.31. The van der Waals surface area contributed by atoms with Gasteiger partial charge in [-0.2, -0.15) is 0 Å². The lowest BCUT2D eigenvalue weighted by Gasteiger charge is -2.05. The Balaban J connectivity index is 0.000000774. The number of methoxy groups -OCH3 is 1. The Bertz CT molecular complexity index is 747. The van der Waals surface area contributed by atoms with Gasteiger partial charge >= 0.3 is 0 Å². The summed E-state index contributed by atoms with van der Waals surface area (Å²) in [6.07, 6.45) is 3.76. The van der Waals surface area contributed by atoms with E-state index >= 15 is 0 Å². The number of hydrogen-bond acceptors (Lipinski definition) is 3. The molecular weight excluding hydrogens is 262 g/mol. The zero-order valence-electron chi connectivity index (χ0n) is 13.2. The minimum absolute atomic E-state index is 0.603. The van der Waals surface area contributed by atoms with E-state index in [4.69, 9.17) is 9.72 Å². The second kappa shape index (κ2) is 6.39. The van der Waals surface area contributed by atoms with Crippen LogP contribution in [0.1, 0.15) is 25.1 Å². The molecule has 4 heteroatoms. The molecule has 110 valence electrons. The van der Waals surface area contributed by atoms with Crippen LogP contribution < -0.4 is 4.74 Å². The number of hydrogen-bond donors (Lipinski definition) is 0. The Labute approximate surface area is 125 Å². The molecule has 21 heavy (non-hydrogen) atoms. The van der Waals surface area contributed by atoms with Gasteiger partial charge < -0.3 is 9.14 Å². The van der Waals surface area contributed by atoms with E-state index in [2.05, 4.69) is 35.4 Å². The molecule has 3 aromatic heterocycles. The molecule has 0 aromatic carbocycles. The Hall–Kier alpha value is -2.36. The first-order valence-corrected chi connectivity index (χ1v) is 7.15. The van der Waals surface area contributed by atoms with Crippen LogP contribution in [0.2, 0.25) is 0 Å². The molecule has 3 aromatic rings. The predicted molar refractivity (Wildman–Crippen MR) is 85.8 cm³/mol. The Morgan fingerprint density at radius 3 is 2.62 bits per heavy atom. The number of nitrogens with zero attached hydrogens (tertiary/aromatic N) is 3. The molecule has 0 aliphatic heterocycles. The van der Waals surface area contributed by atoms with Gasteiger partial charge in [-0.15, -0.1) is 0 Å². The lowest BCUT2D eigenvalue weighted by molar-refractivity contribution is 0.399. The van der Waals surface area contributed by atoms with Gasteiger partial charge in [0.15, 0.2) is 0 Å². The summed E-state index contributed by atoms with van der Waals surface area (Å²) in [5.41, 5.74) is 5.06. The number of ether oxygens (including phenoxy) is 1. The third kappa shape index (κ3) is 2.75.